The van der Waals surface area contributed by atoms with E-state index in [1.165, 1.54) is 0 Å². The Morgan fingerprint density at radius 2 is 1.79 bits per heavy atom. The van der Waals surface area contributed by atoms with Crippen molar-refractivity contribution in [3.8, 4) is 11.5 Å². The van der Waals surface area contributed by atoms with Crippen LogP contribution in [-0.2, 0) is 4.79 Å². The van der Waals surface area contributed by atoms with Gasteiger partial charge in [0.15, 0.2) is 0 Å². The Morgan fingerprint density at radius 3 is 2.48 bits per heavy atom. The van der Waals surface area contributed by atoms with Crippen LogP contribution >= 0.6 is 23.2 Å². The van der Waals surface area contributed by atoms with Crippen molar-refractivity contribution in [3.63, 3.8) is 0 Å². The summed E-state index contributed by atoms with van der Waals surface area (Å²) in [5.74, 6) is 1.25. The average molecular weight is 484 g/mol. The maximum Gasteiger partial charge on any atom is 0.229 e. The zero-order valence-electron chi connectivity index (χ0n) is 18.7. The van der Waals surface area contributed by atoms with Gasteiger partial charge in [0.1, 0.15) is 17.6 Å². The number of ether oxygens (including phenoxy) is 2. The highest BCUT2D eigenvalue weighted by Crippen LogP contribution is 2.35. The lowest BCUT2D eigenvalue weighted by Crippen LogP contribution is -2.48. The minimum atomic E-state index is -0.253. The van der Waals surface area contributed by atoms with Crippen LogP contribution in [0.3, 0.4) is 0 Å². The fraction of sp³-hybridized carbons (Fsp3) is 0.296. The number of likely N-dealkylation sites (tertiary alicyclic amines) is 1. The second-order valence-electron chi connectivity index (χ2n) is 8.32. The molecule has 3 unspecified atom stereocenters. The molecular weight excluding hydrogens is 457 g/mol. The van der Waals surface area contributed by atoms with Gasteiger partial charge in [0, 0.05) is 30.5 Å². The van der Waals surface area contributed by atoms with Gasteiger partial charge in [0.25, 0.3) is 0 Å². The number of carbonyl (C=O) groups excluding carboxylic acids is 1. The molecule has 1 amide bonds. The molecule has 3 aromatic rings. The fourth-order valence-corrected chi connectivity index (χ4v) is 4.72. The third kappa shape index (κ3) is 5.45. The van der Waals surface area contributed by atoms with Crippen LogP contribution < -0.4 is 9.47 Å². The lowest BCUT2D eigenvalue weighted by atomic mass is 9.86. The van der Waals surface area contributed by atoms with Crippen molar-refractivity contribution in [2.45, 2.75) is 31.3 Å². The van der Waals surface area contributed by atoms with Crippen molar-refractivity contribution in [3.05, 3.63) is 94.0 Å². The average Bonchev–Trinajstić information content (AvgIpc) is 2.85. The molecule has 4 nitrogen and oxygen atoms in total. The third-order valence-electron chi connectivity index (χ3n) is 6.24. The maximum absolute atomic E-state index is 13.4. The van der Waals surface area contributed by atoms with E-state index in [1.54, 1.807) is 7.11 Å². The largest absolute Gasteiger partial charge is 0.497 e. The monoisotopic (exact) mass is 483 g/mol. The summed E-state index contributed by atoms with van der Waals surface area (Å²) in [4.78, 5) is 15.4. The van der Waals surface area contributed by atoms with Crippen LogP contribution in [0.4, 0.5) is 0 Å². The molecule has 0 spiro atoms. The molecule has 0 aliphatic carbocycles. The number of rotatable bonds is 6. The van der Waals surface area contributed by atoms with Crippen molar-refractivity contribution < 1.29 is 14.3 Å². The zero-order valence-corrected chi connectivity index (χ0v) is 20.2. The van der Waals surface area contributed by atoms with E-state index in [4.69, 9.17) is 32.7 Å². The predicted octanol–water partition coefficient (Wildman–Crippen LogP) is 6.57. The lowest BCUT2D eigenvalue weighted by molar-refractivity contribution is -0.134. The second kappa shape index (κ2) is 10.5. The van der Waals surface area contributed by atoms with Crippen molar-refractivity contribution in [2.75, 3.05) is 20.2 Å². The van der Waals surface area contributed by atoms with E-state index in [-0.39, 0.29) is 23.8 Å². The molecule has 0 aromatic heterocycles. The molecule has 1 aliphatic heterocycles. The number of para-hydroxylation sites is 1. The smallest absolute Gasteiger partial charge is 0.229 e. The molecule has 172 valence electrons. The first kappa shape index (κ1) is 23.5. The van der Waals surface area contributed by atoms with E-state index in [0.717, 1.165) is 16.9 Å². The number of hydrogen-bond acceptors (Lipinski definition) is 3. The van der Waals surface area contributed by atoms with Gasteiger partial charge in [-0.25, -0.2) is 0 Å². The van der Waals surface area contributed by atoms with E-state index in [1.807, 2.05) is 84.6 Å². The Balaban J connectivity index is 1.56. The molecule has 0 radical (unpaired) electrons. The van der Waals surface area contributed by atoms with Gasteiger partial charge in [-0.05, 0) is 54.4 Å². The Hall–Kier alpha value is -2.69. The summed E-state index contributed by atoms with van der Waals surface area (Å²) in [6.45, 7) is 3.12. The van der Waals surface area contributed by atoms with Crippen LogP contribution in [0.5, 0.6) is 11.5 Å². The molecule has 1 fully saturated rings. The molecule has 0 bridgehead atoms. The molecule has 3 aromatic carbocycles. The van der Waals surface area contributed by atoms with Crippen molar-refractivity contribution in [1.29, 1.82) is 0 Å². The van der Waals surface area contributed by atoms with E-state index in [2.05, 4.69) is 0 Å². The summed E-state index contributed by atoms with van der Waals surface area (Å²) in [6, 6.07) is 22.9. The Bertz CT molecular complexity index is 1100. The quantitative estimate of drug-likeness (QED) is 0.397. The highest BCUT2D eigenvalue weighted by molar-refractivity contribution is 6.32. The molecule has 0 N–H and O–H groups in total. The van der Waals surface area contributed by atoms with Gasteiger partial charge in [0.05, 0.1) is 18.1 Å². The fourth-order valence-electron chi connectivity index (χ4n) is 4.34. The van der Waals surface area contributed by atoms with Crippen LogP contribution in [0, 0.1) is 0 Å². The van der Waals surface area contributed by atoms with Gasteiger partial charge in [-0.1, -0.05) is 59.6 Å². The third-order valence-corrected chi connectivity index (χ3v) is 6.79. The van der Waals surface area contributed by atoms with Crippen LogP contribution in [-0.4, -0.2) is 37.1 Å². The van der Waals surface area contributed by atoms with Gasteiger partial charge in [0.2, 0.25) is 5.91 Å². The van der Waals surface area contributed by atoms with Gasteiger partial charge >= 0.3 is 0 Å². The van der Waals surface area contributed by atoms with Crippen LogP contribution in [0.2, 0.25) is 10.0 Å². The predicted molar refractivity (Wildman–Crippen MR) is 133 cm³/mol. The summed E-state index contributed by atoms with van der Waals surface area (Å²) in [6.07, 6.45) is 0.576. The van der Waals surface area contributed by atoms with E-state index < -0.39 is 0 Å². The zero-order chi connectivity index (χ0) is 23.4. The van der Waals surface area contributed by atoms with Crippen LogP contribution in [0.1, 0.15) is 36.3 Å². The molecule has 6 heteroatoms. The van der Waals surface area contributed by atoms with Gasteiger partial charge in [-0.2, -0.15) is 0 Å². The van der Waals surface area contributed by atoms with E-state index >= 15 is 0 Å². The number of hydrogen-bond donors (Lipinski definition) is 0. The summed E-state index contributed by atoms with van der Waals surface area (Å²) >= 11 is 12.7. The van der Waals surface area contributed by atoms with Crippen molar-refractivity contribution >= 4 is 29.1 Å². The Labute approximate surface area is 205 Å². The molecule has 1 saturated heterocycles. The maximum atomic E-state index is 13.4. The Morgan fingerprint density at radius 1 is 1.03 bits per heavy atom. The first-order chi connectivity index (χ1) is 16.0. The summed E-state index contributed by atoms with van der Waals surface area (Å²) in [7, 11) is 1.63. The molecule has 0 saturated carbocycles. The highest BCUT2D eigenvalue weighted by Gasteiger charge is 2.36. The minimum absolute atomic E-state index is 0.0271. The second-order valence-corrected chi connectivity index (χ2v) is 9.16. The topological polar surface area (TPSA) is 38.8 Å². The van der Waals surface area contributed by atoms with Crippen LogP contribution in [0.15, 0.2) is 72.8 Å². The van der Waals surface area contributed by atoms with E-state index in [9.17, 15) is 4.79 Å². The number of benzene rings is 3. The van der Waals surface area contributed by atoms with Gasteiger partial charge in [-0.3, -0.25) is 4.79 Å². The number of piperidine rings is 1. The van der Waals surface area contributed by atoms with Gasteiger partial charge in [-0.15, -0.1) is 0 Å². The standard InChI is InChI=1S/C27H27Cl2NO3/c1-18(19-10-12-22(32-2)13-11-19)27(31)30-15-14-25(33-26-9-4-3-8-24(26)29)23(17-30)20-6-5-7-21(28)16-20/h3-13,16,18,23,25H,14-15,17H2,1-2H3. The van der Waals surface area contributed by atoms with Crippen molar-refractivity contribution in [1.82, 2.24) is 4.90 Å². The van der Waals surface area contributed by atoms with Crippen LogP contribution in [0.25, 0.3) is 0 Å². The Kier molecular flexibility index (Phi) is 7.46. The number of amides is 1. The van der Waals surface area contributed by atoms with E-state index in [0.29, 0.717) is 35.3 Å². The lowest BCUT2D eigenvalue weighted by Gasteiger charge is -2.40. The molecule has 1 aliphatic rings. The first-order valence-corrected chi connectivity index (χ1v) is 11.8. The summed E-state index contributed by atoms with van der Waals surface area (Å²) in [5.41, 5.74) is 2.02. The summed E-state index contributed by atoms with van der Waals surface area (Å²) < 4.78 is 11.6. The number of carbonyl (C=O) groups is 1. The molecule has 33 heavy (non-hydrogen) atoms. The molecule has 1 heterocycles. The molecule has 4 rings (SSSR count). The van der Waals surface area contributed by atoms with Gasteiger partial charge < -0.3 is 14.4 Å². The number of nitrogens with zero attached hydrogens (tertiary/aromatic N) is 1. The number of halogens is 2. The summed E-state index contributed by atoms with van der Waals surface area (Å²) in [5, 5.41) is 1.24. The number of methoxy groups -OCH3 is 1. The highest BCUT2D eigenvalue weighted by atomic mass is 35.5. The van der Waals surface area contributed by atoms with Crippen molar-refractivity contribution in [2.24, 2.45) is 0 Å². The SMILES string of the molecule is COc1ccc(C(C)C(=O)N2CCC(Oc3ccccc3Cl)C(c3cccc(Cl)c3)C2)cc1. The normalized spacial score (nSPS) is 19.1. The minimum Gasteiger partial charge on any atom is -0.497 e. The molecular formula is C27H27Cl2NO3. The molecule has 3 atom stereocenters. The first-order valence-electron chi connectivity index (χ1n) is 11.1.